The van der Waals surface area contributed by atoms with Crippen LogP contribution in [-0.4, -0.2) is 0 Å². The van der Waals surface area contributed by atoms with Gasteiger partial charge in [0.15, 0.2) is 0 Å². The Bertz CT molecular complexity index is 420. The van der Waals surface area contributed by atoms with Crippen LogP contribution in [0.15, 0.2) is 48.5 Å². The first-order valence-corrected chi connectivity index (χ1v) is 5.00. The monoisotopic (exact) mass is 197 g/mol. The summed E-state index contributed by atoms with van der Waals surface area (Å²) in [6.45, 7) is 2.64. The average Bonchev–Trinajstić information content (AvgIpc) is 2.29. The van der Waals surface area contributed by atoms with Gasteiger partial charge in [-0.05, 0) is 36.2 Å². The van der Waals surface area contributed by atoms with Crippen molar-refractivity contribution in [1.82, 2.24) is 0 Å². The van der Waals surface area contributed by atoms with Gasteiger partial charge in [-0.25, -0.2) is 0 Å². The molecule has 0 saturated carbocycles. The van der Waals surface area contributed by atoms with Crippen LogP contribution in [0, 0.1) is 13.0 Å². The SMILES string of the molecule is Cc1c[c]ccc1OCc1ccccc1. The van der Waals surface area contributed by atoms with Crippen molar-refractivity contribution in [3.05, 3.63) is 65.7 Å². The zero-order chi connectivity index (χ0) is 10.5. The summed E-state index contributed by atoms with van der Waals surface area (Å²) in [7, 11) is 0. The molecule has 1 heteroatoms. The summed E-state index contributed by atoms with van der Waals surface area (Å²) in [5.74, 6) is 0.928. The van der Waals surface area contributed by atoms with Crippen molar-refractivity contribution in [3.63, 3.8) is 0 Å². The third-order valence-electron chi connectivity index (χ3n) is 2.26. The van der Waals surface area contributed by atoms with Crippen molar-refractivity contribution in [2.75, 3.05) is 0 Å². The van der Waals surface area contributed by atoms with Crippen molar-refractivity contribution in [2.24, 2.45) is 0 Å². The number of ether oxygens (including phenoxy) is 1. The third kappa shape index (κ3) is 2.59. The predicted molar refractivity (Wildman–Crippen MR) is 60.8 cm³/mol. The summed E-state index contributed by atoms with van der Waals surface area (Å²) in [4.78, 5) is 0. The Kier molecular flexibility index (Phi) is 3.03. The van der Waals surface area contributed by atoms with E-state index in [1.807, 2.05) is 43.3 Å². The highest BCUT2D eigenvalue weighted by Crippen LogP contribution is 2.17. The number of rotatable bonds is 3. The lowest BCUT2D eigenvalue weighted by Crippen LogP contribution is -1.96. The van der Waals surface area contributed by atoms with Gasteiger partial charge < -0.3 is 4.74 Å². The Hall–Kier alpha value is -1.76. The van der Waals surface area contributed by atoms with Gasteiger partial charge in [-0.2, -0.15) is 0 Å². The fourth-order valence-electron chi connectivity index (χ4n) is 1.40. The molecule has 2 rings (SSSR count). The topological polar surface area (TPSA) is 9.23 Å². The lowest BCUT2D eigenvalue weighted by Gasteiger charge is -2.08. The molecule has 0 fully saturated rings. The van der Waals surface area contributed by atoms with Crippen LogP contribution in [0.1, 0.15) is 11.1 Å². The van der Waals surface area contributed by atoms with Gasteiger partial charge in [0, 0.05) is 0 Å². The van der Waals surface area contributed by atoms with Crippen LogP contribution < -0.4 is 4.74 Å². The standard InChI is InChI=1S/C14H13O/c1-12-7-5-6-10-14(12)15-11-13-8-3-2-4-9-13/h2-4,6-10H,11H2,1H3. The molecule has 0 N–H and O–H groups in total. The van der Waals surface area contributed by atoms with Crippen LogP contribution in [0.4, 0.5) is 0 Å². The summed E-state index contributed by atoms with van der Waals surface area (Å²) in [6, 6.07) is 18.9. The van der Waals surface area contributed by atoms with Gasteiger partial charge in [0.05, 0.1) is 0 Å². The van der Waals surface area contributed by atoms with Gasteiger partial charge in [0.25, 0.3) is 0 Å². The second-order valence-corrected chi connectivity index (χ2v) is 3.47. The van der Waals surface area contributed by atoms with Gasteiger partial charge >= 0.3 is 0 Å². The minimum atomic E-state index is 0.617. The minimum Gasteiger partial charge on any atom is -0.489 e. The average molecular weight is 197 g/mol. The summed E-state index contributed by atoms with van der Waals surface area (Å²) in [5, 5.41) is 0. The molecule has 1 radical (unpaired) electrons. The molecule has 0 aromatic heterocycles. The molecule has 0 saturated heterocycles. The largest absolute Gasteiger partial charge is 0.489 e. The number of aryl methyl sites for hydroxylation is 1. The lowest BCUT2D eigenvalue weighted by molar-refractivity contribution is 0.304. The van der Waals surface area contributed by atoms with E-state index < -0.39 is 0 Å². The number of hydrogen-bond acceptors (Lipinski definition) is 1. The molecule has 0 unspecified atom stereocenters. The van der Waals surface area contributed by atoms with E-state index in [1.54, 1.807) is 0 Å². The zero-order valence-electron chi connectivity index (χ0n) is 8.73. The maximum atomic E-state index is 5.70. The first-order valence-electron chi connectivity index (χ1n) is 5.00. The van der Waals surface area contributed by atoms with E-state index >= 15 is 0 Å². The van der Waals surface area contributed by atoms with E-state index in [0.717, 1.165) is 11.3 Å². The van der Waals surface area contributed by atoms with E-state index in [2.05, 4.69) is 18.2 Å². The molecular formula is C14H13O. The Labute approximate surface area is 90.3 Å². The summed E-state index contributed by atoms with van der Waals surface area (Å²) >= 11 is 0. The molecular weight excluding hydrogens is 184 g/mol. The molecule has 1 nitrogen and oxygen atoms in total. The molecule has 0 aliphatic carbocycles. The Morgan fingerprint density at radius 2 is 1.93 bits per heavy atom. The van der Waals surface area contributed by atoms with Crippen LogP contribution in [0.2, 0.25) is 0 Å². The lowest BCUT2D eigenvalue weighted by atomic mass is 10.2. The first-order chi connectivity index (χ1) is 7.36. The molecule has 0 aliphatic heterocycles. The van der Waals surface area contributed by atoms with Crippen molar-refractivity contribution in [1.29, 1.82) is 0 Å². The Morgan fingerprint density at radius 1 is 1.13 bits per heavy atom. The van der Waals surface area contributed by atoms with Crippen molar-refractivity contribution < 1.29 is 4.74 Å². The number of benzene rings is 2. The zero-order valence-corrected chi connectivity index (χ0v) is 8.73. The number of hydrogen-bond donors (Lipinski definition) is 0. The summed E-state index contributed by atoms with van der Waals surface area (Å²) in [6.07, 6.45) is 0. The molecule has 75 valence electrons. The van der Waals surface area contributed by atoms with Gasteiger partial charge in [-0.3, -0.25) is 0 Å². The smallest absolute Gasteiger partial charge is 0.122 e. The van der Waals surface area contributed by atoms with Gasteiger partial charge in [0.1, 0.15) is 12.4 Å². The normalized spacial score (nSPS) is 9.93. The highest BCUT2D eigenvalue weighted by molar-refractivity contribution is 5.31. The minimum absolute atomic E-state index is 0.617. The highest BCUT2D eigenvalue weighted by Gasteiger charge is 1.97. The fraction of sp³-hybridized carbons (Fsp3) is 0.143. The molecule has 15 heavy (non-hydrogen) atoms. The molecule has 2 aromatic carbocycles. The van der Waals surface area contributed by atoms with Crippen LogP contribution in [0.5, 0.6) is 5.75 Å². The van der Waals surface area contributed by atoms with Crippen LogP contribution >= 0.6 is 0 Å². The first kappa shape index (κ1) is 9.78. The van der Waals surface area contributed by atoms with E-state index in [4.69, 9.17) is 4.74 Å². The van der Waals surface area contributed by atoms with Crippen LogP contribution in [-0.2, 0) is 6.61 Å². The molecule has 0 aliphatic rings. The van der Waals surface area contributed by atoms with Crippen LogP contribution in [0.25, 0.3) is 0 Å². The van der Waals surface area contributed by atoms with E-state index in [9.17, 15) is 0 Å². The molecule has 0 spiro atoms. The predicted octanol–water partition coefficient (Wildman–Crippen LogP) is 3.37. The van der Waals surface area contributed by atoms with Gasteiger partial charge in [-0.15, -0.1) is 0 Å². The van der Waals surface area contributed by atoms with Crippen LogP contribution in [0.3, 0.4) is 0 Å². The molecule has 2 aromatic rings. The van der Waals surface area contributed by atoms with Crippen molar-refractivity contribution >= 4 is 0 Å². The maximum absolute atomic E-state index is 5.70. The highest BCUT2D eigenvalue weighted by atomic mass is 16.5. The maximum Gasteiger partial charge on any atom is 0.122 e. The Morgan fingerprint density at radius 3 is 2.67 bits per heavy atom. The van der Waals surface area contributed by atoms with Gasteiger partial charge in [-0.1, -0.05) is 36.4 Å². The second-order valence-electron chi connectivity index (χ2n) is 3.47. The van der Waals surface area contributed by atoms with E-state index in [0.29, 0.717) is 6.61 Å². The van der Waals surface area contributed by atoms with E-state index in [1.165, 1.54) is 5.56 Å². The Balaban J connectivity index is 2.03. The van der Waals surface area contributed by atoms with Crippen molar-refractivity contribution in [2.45, 2.75) is 13.5 Å². The summed E-state index contributed by atoms with van der Waals surface area (Å²) < 4.78 is 5.70. The van der Waals surface area contributed by atoms with Crippen molar-refractivity contribution in [3.8, 4) is 5.75 Å². The second kappa shape index (κ2) is 4.65. The molecule has 0 atom stereocenters. The molecule has 0 bridgehead atoms. The molecule has 0 heterocycles. The quantitative estimate of drug-likeness (QED) is 0.733. The van der Waals surface area contributed by atoms with E-state index in [-0.39, 0.29) is 0 Å². The third-order valence-corrected chi connectivity index (χ3v) is 2.26. The fourth-order valence-corrected chi connectivity index (χ4v) is 1.40. The van der Waals surface area contributed by atoms with Gasteiger partial charge in [0.2, 0.25) is 0 Å². The molecule has 0 amide bonds. The summed E-state index contributed by atoms with van der Waals surface area (Å²) in [5.41, 5.74) is 2.30.